The Kier molecular flexibility index (Phi) is 4.92. The number of amides is 1. The van der Waals surface area contributed by atoms with E-state index < -0.39 is 17.4 Å². The van der Waals surface area contributed by atoms with Gasteiger partial charge in [-0.25, -0.2) is 4.79 Å². The average Bonchev–Trinajstić information content (AvgIpc) is 2.73. The second kappa shape index (κ2) is 6.07. The summed E-state index contributed by atoms with van der Waals surface area (Å²) in [7, 11) is 0. The molecule has 0 saturated carbocycles. The molecule has 6 nitrogen and oxygen atoms in total. The number of hydrogen-bond acceptors (Lipinski definition) is 3. The third-order valence-corrected chi connectivity index (χ3v) is 3.40. The van der Waals surface area contributed by atoms with Gasteiger partial charge in [0.25, 0.3) is 5.91 Å². The SMILES string of the molecule is CCC(CC)n1nc(C(=O)NC(C)(C)C(=O)O)cc1C. The van der Waals surface area contributed by atoms with Gasteiger partial charge in [-0.05, 0) is 39.7 Å². The molecule has 0 aromatic carbocycles. The molecule has 0 aliphatic rings. The number of carbonyl (C=O) groups is 2. The van der Waals surface area contributed by atoms with Crippen LogP contribution in [-0.4, -0.2) is 32.3 Å². The molecule has 1 amide bonds. The summed E-state index contributed by atoms with van der Waals surface area (Å²) in [5, 5.41) is 15.8. The maximum Gasteiger partial charge on any atom is 0.328 e. The number of hydrogen-bond donors (Lipinski definition) is 2. The van der Waals surface area contributed by atoms with E-state index in [0.717, 1.165) is 18.5 Å². The Morgan fingerprint density at radius 1 is 1.40 bits per heavy atom. The van der Waals surface area contributed by atoms with E-state index in [-0.39, 0.29) is 11.7 Å². The largest absolute Gasteiger partial charge is 0.480 e. The number of carboxylic acids is 1. The Balaban J connectivity index is 2.96. The molecule has 0 unspecified atom stereocenters. The molecule has 6 heteroatoms. The Bertz CT molecular complexity index is 502. The van der Waals surface area contributed by atoms with Gasteiger partial charge in [0, 0.05) is 5.69 Å². The van der Waals surface area contributed by atoms with Crippen molar-refractivity contribution in [2.75, 3.05) is 0 Å². The van der Waals surface area contributed by atoms with Crippen molar-refractivity contribution in [3.63, 3.8) is 0 Å². The average molecular weight is 281 g/mol. The molecular formula is C14H23N3O3. The van der Waals surface area contributed by atoms with Crippen molar-refractivity contribution in [2.24, 2.45) is 0 Å². The number of nitrogens with one attached hydrogen (secondary N) is 1. The molecule has 1 rings (SSSR count). The molecule has 20 heavy (non-hydrogen) atoms. The number of carboxylic acid groups (broad SMARTS) is 1. The number of nitrogens with zero attached hydrogens (tertiary/aromatic N) is 2. The van der Waals surface area contributed by atoms with Crippen molar-refractivity contribution >= 4 is 11.9 Å². The number of carbonyl (C=O) groups excluding carboxylic acids is 1. The molecule has 1 heterocycles. The molecule has 2 N–H and O–H groups in total. The molecule has 1 aromatic heterocycles. The van der Waals surface area contributed by atoms with Crippen LogP contribution in [0.15, 0.2) is 6.07 Å². The summed E-state index contributed by atoms with van der Waals surface area (Å²) in [5.74, 6) is -1.55. The highest BCUT2D eigenvalue weighted by Crippen LogP contribution is 2.18. The predicted molar refractivity (Wildman–Crippen MR) is 75.8 cm³/mol. The lowest BCUT2D eigenvalue weighted by atomic mass is 10.1. The summed E-state index contributed by atoms with van der Waals surface area (Å²) in [4.78, 5) is 23.1. The zero-order chi connectivity index (χ0) is 15.5. The first-order chi connectivity index (χ1) is 9.22. The van der Waals surface area contributed by atoms with Gasteiger partial charge in [0.1, 0.15) is 11.2 Å². The van der Waals surface area contributed by atoms with Gasteiger partial charge in [-0.2, -0.15) is 5.10 Å². The first kappa shape index (κ1) is 16.2. The van der Waals surface area contributed by atoms with E-state index >= 15 is 0 Å². The fourth-order valence-electron chi connectivity index (χ4n) is 2.00. The van der Waals surface area contributed by atoms with Gasteiger partial charge in [0.15, 0.2) is 0 Å². The highest BCUT2D eigenvalue weighted by atomic mass is 16.4. The lowest BCUT2D eigenvalue weighted by molar-refractivity contribution is -0.143. The zero-order valence-electron chi connectivity index (χ0n) is 12.7. The van der Waals surface area contributed by atoms with E-state index in [0.29, 0.717) is 0 Å². The Morgan fingerprint density at radius 3 is 2.40 bits per heavy atom. The quantitative estimate of drug-likeness (QED) is 0.836. The Morgan fingerprint density at radius 2 is 1.95 bits per heavy atom. The van der Waals surface area contributed by atoms with E-state index in [2.05, 4.69) is 24.3 Å². The van der Waals surface area contributed by atoms with E-state index in [1.54, 1.807) is 6.07 Å². The second-order valence-corrected chi connectivity index (χ2v) is 5.47. The van der Waals surface area contributed by atoms with Crippen molar-refractivity contribution in [1.29, 1.82) is 0 Å². The normalized spacial score (nSPS) is 11.7. The van der Waals surface area contributed by atoms with Crippen LogP contribution >= 0.6 is 0 Å². The molecular weight excluding hydrogens is 258 g/mol. The molecule has 0 fully saturated rings. The number of aromatic nitrogens is 2. The standard InChI is InChI=1S/C14H23N3O3/c1-6-10(7-2)17-9(3)8-11(16-17)12(18)15-14(4,5)13(19)20/h8,10H,6-7H2,1-5H3,(H,15,18)(H,19,20). The first-order valence-electron chi connectivity index (χ1n) is 6.85. The Labute approximate surface area is 119 Å². The summed E-state index contributed by atoms with van der Waals surface area (Å²) in [5.41, 5.74) is -0.162. The van der Waals surface area contributed by atoms with Crippen molar-refractivity contribution in [3.05, 3.63) is 17.5 Å². The third kappa shape index (κ3) is 3.37. The molecule has 112 valence electrons. The summed E-state index contributed by atoms with van der Waals surface area (Å²) in [6.45, 7) is 8.92. The summed E-state index contributed by atoms with van der Waals surface area (Å²) in [6, 6.07) is 1.94. The maximum absolute atomic E-state index is 12.1. The van der Waals surface area contributed by atoms with Gasteiger partial charge in [-0.15, -0.1) is 0 Å². The summed E-state index contributed by atoms with van der Waals surface area (Å²) >= 11 is 0. The van der Waals surface area contributed by atoms with Gasteiger partial charge in [-0.3, -0.25) is 9.48 Å². The molecule has 0 bridgehead atoms. The van der Waals surface area contributed by atoms with Gasteiger partial charge in [0.05, 0.1) is 6.04 Å². The van der Waals surface area contributed by atoms with Crippen LogP contribution < -0.4 is 5.32 Å². The molecule has 0 radical (unpaired) electrons. The van der Waals surface area contributed by atoms with Crippen molar-refractivity contribution in [3.8, 4) is 0 Å². The van der Waals surface area contributed by atoms with E-state index in [1.807, 2.05) is 11.6 Å². The number of aryl methyl sites for hydroxylation is 1. The number of rotatable bonds is 6. The van der Waals surface area contributed by atoms with Crippen LogP contribution in [0.3, 0.4) is 0 Å². The zero-order valence-corrected chi connectivity index (χ0v) is 12.7. The van der Waals surface area contributed by atoms with Gasteiger partial charge < -0.3 is 10.4 Å². The van der Waals surface area contributed by atoms with Crippen LogP contribution in [0.5, 0.6) is 0 Å². The van der Waals surface area contributed by atoms with Crippen LogP contribution in [0.25, 0.3) is 0 Å². The summed E-state index contributed by atoms with van der Waals surface area (Å²) in [6.07, 6.45) is 1.86. The van der Waals surface area contributed by atoms with Crippen LogP contribution in [0.2, 0.25) is 0 Å². The fourth-order valence-corrected chi connectivity index (χ4v) is 2.00. The van der Waals surface area contributed by atoms with Gasteiger partial charge in [0.2, 0.25) is 0 Å². The minimum absolute atomic E-state index is 0.253. The monoisotopic (exact) mass is 281 g/mol. The highest BCUT2D eigenvalue weighted by Gasteiger charge is 2.30. The fraction of sp³-hybridized carbons (Fsp3) is 0.643. The van der Waals surface area contributed by atoms with E-state index in [1.165, 1.54) is 13.8 Å². The van der Waals surface area contributed by atoms with Crippen LogP contribution in [0.4, 0.5) is 0 Å². The van der Waals surface area contributed by atoms with E-state index in [9.17, 15) is 9.59 Å². The van der Waals surface area contributed by atoms with Crippen molar-refractivity contribution < 1.29 is 14.7 Å². The first-order valence-corrected chi connectivity index (χ1v) is 6.85. The van der Waals surface area contributed by atoms with Crippen molar-refractivity contribution in [2.45, 2.75) is 59.0 Å². The topological polar surface area (TPSA) is 84.2 Å². The third-order valence-electron chi connectivity index (χ3n) is 3.40. The molecule has 0 saturated heterocycles. The minimum atomic E-state index is -1.32. The maximum atomic E-state index is 12.1. The van der Waals surface area contributed by atoms with Crippen LogP contribution in [-0.2, 0) is 4.79 Å². The second-order valence-electron chi connectivity index (χ2n) is 5.47. The van der Waals surface area contributed by atoms with E-state index in [4.69, 9.17) is 5.11 Å². The van der Waals surface area contributed by atoms with Crippen LogP contribution in [0, 0.1) is 6.92 Å². The highest BCUT2D eigenvalue weighted by molar-refractivity contribution is 5.96. The lowest BCUT2D eigenvalue weighted by Crippen LogP contribution is -2.49. The minimum Gasteiger partial charge on any atom is -0.480 e. The molecule has 1 aromatic rings. The Hall–Kier alpha value is -1.85. The molecule has 0 spiro atoms. The smallest absolute Gasteiger partial charge is 0.328 e. The summed E-state index contributed by atoms with van der Waals surface area (Å²) < 4.78 is 1.84. The lowest BCUT2D eigenvalue weighted by Gasteiger charge is -2.20. The predicted octanol–water partition coefficient (Wildman–Crippen LogP) is 2.15. The van der Waals surface area contributed by atoms with Crippen LogP contribution in [0.1, 0.15) is 62.8 Å². The molecule has 0 aliphatic carbocycles. The molecule has 0 aliphatic heterocycles. The van der Waals surface area contributed by atoms with Crippen molar-refractivity contribution in [1.82, 2.24) is 15.1 Å². The number of aliphatic carboxylic acids is 1. The van der Waals surface area contributed by atoms with Gasteiger partial charge in [-0.1, -0.05) is 13.8 Å². The van der Waals surface area contributed by atoms with Gasteiger partial charge >= 0.3 is 5.97 Å². The molecule has 0 atom stereocenters.